The number of rotatable bonds is 5. The van der Waals surface area contributed by atoms with Crippen LogP contribution >= 0.6 is 0 Å². The summed E-state index contributed by atoms with van der Waals surface area (Å²) in [6.45, 7) is 5.87. The van der Waals surface area contributed by atoms with E-state index in [2.05, 4.69) is 16.9 Å². The van der Waals surface area contributed by atoms with Crippen LogP contribution in [0.25, 0.3) is 22.4 Å². The lowest BCUT2D eigenvalue weighted by atomic mass is 9.95. The second-order valence-electron chi connectivity index (χ2n) is 6.34. The van der Waals surface area contributed by atoms with Crippen LogP contribution in [-0.4, -0.2) is 29.3 Å². The SMILES string of the molecule is CCc1cc(-c2nc(C)nc(C)c2-c2ccc(OC)cc2)c(O)cc1OC. The zero-order chi connectivity index (χ0) is 19.6. The van der Waals surface area contributed by atoms with E-state index >= 15 is 0 Å². The van der Waals surface area contributed by atoms with Gasteiger partial charge in [-0.15, -0.1) is 0 Å². The van der Waals surface area contributed by atoms with E-state index in [1.165, 1.54) is 0 Å². The second-order valence-corrected chi connectivity index (χ2v) is 6.34. The zero-order valence-corrected chi connectivity index (χ0v) is 16.3. The van der Waals surface area contributed by atoms with Gasteiger partial charge in [-0.05, 0) is 49.6 Å². The fraction of sp³-hybridized carbons (Fsp3) is 0.273. The number of phenols is 1. The van der Waals surface area contributed by atoms with Crippen molar-refractivity contribution < 1.29 is 14.6 Å². The Hall–Kier alpha value is -3.08. The quantitative estimate of drug-likeness (QED) is 0.710. The molecule has 140 valence electrons. The summed E-state index contributed by atoms with van der Waals surface area (Å²) in [5.41, 5.74) is 5.12. The number of ether oxygens (including phenoxy) is 2. The normalized spacial score (nSPS) is 10.7. The molecule has 0 amide bonds. The number of aromatic hydroxyl groups is 1. The molecule has 5 nitrogen and oxygen atoms in total. The summed E-state index contributed by atoms with van der Waals surface area (Å²) in [6.07, 6.45) is 0.789. The topological polar surface area (TPSA) is 64.5 Å². The summed E-state index contributed by atoms with van der Waals surface area (Å²) >= 11 is 0. The number of phenolic OH excluding ortho intramolecular Hbond substituents is 1. The smallest absolute Gasteiger partial charge is 0.128 e. The minimum Gasteiger partial charge on any atom is -0.507 e. The van der Waals surface area contributed by atoms with Crippen molar-refractivity contribution in [3.05, 3.63) is 53.5 Å². The van der Waals surface area contributed by atoms with Crippen molar-refractivity contribution in [3.8, 4) is 39.6 Å². The van der Waals surface area contributed by atoms with Gasteiger partial charge in [-0.2, -0.15) is 0 Å². The van der Waals surface area contributed by atoms with Crippen LogP contribution in [0.2, 0.25) is 0 Å². The van der Waals surface area contributed by atoms with Crippen LogP contribution in [0.15, 0.2) is 36.4 Å². The summed E-state index contributed by atoms with van der Waals surface area (Å²) in [7, 11) is 3.25. The van der Waals surface area contributed by atoms with Gasteiger partial charge in [0.1, 0.15) is 23.1 Å². The minimum atomic E-state index is 0.135. The molecule has 0 aliphatic rings. The van der Waals surface area contributed by atoms with E-state index in [0.29, 0.717) is 22.8 Å². The number of benzene rings is 2. The maximum absolute atomic E-state index is 10.7. The third kappa shape index (κ3) is 3.58. The standard InChI is InChI=1S/C22H24N2O3/c1-6-15-11-18(19(25)12-20(15)27-5)22-21(13(2)23-14(3)24-22)16-7-9-17(26-4)10-8-16/h7-12,25H,6H2,1-5H3. The molecule has 0 atom stereocenters. The molecule has 0 fully saturated rings. The molecule has 1 aromatic heterocycles. The number of hydrogen-bond donors (Lipinski definition) is 1. The molecule has 0 aliphatic heterocycles. The van der Waals surface area contributed by atoms with Crippen molar-refractivity contribution >= 4 is 0 Å². The molecule has 3 rings (SSSR count). The molecular formula is C22H24N2O3. The zero-order valence-electron chi connectivity index (χ0n) is 16.3. The molecular weight excluding hydrogens is 340 g/mol. The van der Waals surface area contributed by atoms with Crippen molar-refractivity contribution in [1.29, 1.82) is 0 Å². The molecule has 0 spiro atoms. The third-order valence-electron chi connectivity index (χ3n) is 4.62. The lowest BCUT2D eigenvalue weighted by Gasteiger charge is -2.16. The first-order valence-corrected chi connectivity index (χ1v) is 8.88. The van der Waals surface area contributed by atoms with Crippen LogP contribution < -0.4 is 9.47 Å². The lowest BCUT2D eigenvalue weighted by Crippen LogP contribution is -2.01. The summed E-state index contributed by atoms with van der Waals surface area (Å²) in [5, 5.41) is 10.7. The highest BCUT2D eigenvalue weighted by atomic mass is 16.5. The van der Waals surface area contributed by atoms with Gasteiger partial charge < -0.3 is 14.6 Å². The first-order valence-electron chi connectivity index (χ1n) is 8.88. The number of aryl methyl sites for hydroxylation is 3. The van der Waals surface area contributed by atoms with Crippen LogP contribution in [0.4, 0.5) is 0 Å². The van der Waals surface area contributed by atoms with Crippen molar-refractivity contribution in [3.63, 3.8) is 0 Å². The Morgan fingerprint density at radius 3 is 2.26 bits per heavy atom. The Morgan fingerprint density at radius 2 is 1.67 bits per heavy atom. The summed E-state index contributed by atoms with van der Waals surface area (Å²) in [6, 6.07) is 11.4. The highest BCUT2D eigenvalue weighted by molar-refractivity contribution is 5.85. The predicted molar refractivity (Wildman–Crippen MR) is 107 cm³/mol. The Kier molecular flexibility index (Phi) is 5.31. The van der Waals surface area contributed by atoms with Gasteiger partial charge in [-0.25, -0.2) is 9.97 Å². The lowest BCUT2D eigenvalue weighted by molar-refractivity contribution is 0.403. The molecule has 0 unspecified atom stereocenters. The molecule has 0 saturated carbocycles. The maximum Gasteiger partial charge on any atom is 0.128 e. The van der Waals surface area contributed by atoms with Gasteiger partial charge in [0.05, 0.1) is 19.9 Å². The highest BCUT2D eigenvalue weighted by Crippen LogP contribution is 2.40. The average molecular weight is 364 g/mol. The van der Waals surface area contributed by atoms with E-state index in [1.807, 2.05) is 44.2 Å². The monoisotopic (exact) mass is 364 g/mol. The molecule has 5 heteroatoms. The molecule has 3 aromatic rings. The Morgan fingerprint density at radius 1 is 0.963 bits per heavy atom. The molecule has 1 N–H and O–H groups in total. The summed E-state index contributed by atoms with van der Waals surface area (Å²) < 4.78 is 10.6. The van der Waals surface area contributed by atoms with Crippen LogP contribution in [0.3, 0.4) is 0 Å². The van der Waals surface area contributed by atoms with Gasteiger partial charge in [-0.3, -0.25) is 0 Å². The fourth-order valence-electron chi connectivity index (χ4n) is 3.28. The first-order chi connectivity index (χ1) is 13.0. The predicted octanol–water partition coefficient (Wildman–Crippen LogP) is 4.71. The minimum absolute atomic E-state index is 0.135. The van der Waals surface area contributed by atoms with Crippen LogP contribution in [0, 0.1) is 13.8 Å². The Labute approximate surface area is 159 Å². The van der Waals surface area contributed by atoms with Gasteiger partial charge in [0.25, 0.3) is 0 Å². The van der Waals surface area contributed by atoms with Crippen LogP contribution in [-0.2, 0) is 6.42 Å². The molecule has 2 aromatic carbocycles. The Balaban J connectivity index is 2.27. The first kappa shape index (κ1) is 18.7. The van der Waals surface area contributed by atoms with E-state index in [-0.39, 0.29) is 5.75 Å². The van der Waals surface area contributed by atoms with E-state index in [4.69, 9.17) is 9.47 Å². The number of nitrogens with zero attached hydrogens (tertiary/aromatic N) is 2. The fourth-order valence-corrected chi connectivity index (χ4v) is 3.28. The van der Waals surface area contributed by atoms with Crippen molar-refractivity contribution in [2.75, 3.05) is 14.2 Å². The van der Waals surface area contributed by atoms with Gasteiger partial charge in [0.2, 0.25) is 0 Å². The van der Waals surface area contributed by atoms with E-state index in [9.17, 15) is 5.11 Å². The second kappa shape index (κ2) is 7.66. The van der Waals surface area contributed by atoms with Gasteiger partial charge in [0, 0.05) is 22.9 Å². The van der Waals surface area contributed by atoms with Crippen molar-refractivity contribution in [2.45, 2.75) is 27.2 Å². The largest absolute Gasteiger partial charge is 0.507 e. The van der Waals surface area contributed by atoms with E-state index < -0.39 is 0 Å². The number of hydrogen-bond acceptors (Lipinski definition) is 5. The maximum atomic E-state index is 10.7. The van der Waals surface area contributed by atoms with Crippen molar-refractivity contribution in [1.82, 2.24) is 9.97 Å². The molecule has 1 heterocycles. The molecule has 0 radical (unpaired) electrons. The molecule has 0 saturated heterocycles. The van der Waals surface area contributed by atoms with Crippen LogP contribution in [0.1, 0.15) is 24.0 Å². The number of aromatic nitrogens is 2. The van der Waals surface area contributed by atoms with Gasteiger partial charge in [0.15, 0.2) is 0 Å². The Bertz CT molecular complexity index is 966. The van der Waals surface area contributed by atoms with E-state index in [0.717, 1.165) is 34.6 Å². The van der Waals surface area contributed by atoms with Crippen molar-refractivity contribution in [2.24, 2.45) is 0 Å². The van der Waals surface area contributed by atoms with Gasteiger partial charge in [-0.1, -0.05) is 19.1 Å². The summed E-state index contributed by atoms with van der Waals surface area (Å²) in [5.74, 6) is 2.25. The van der Waals surface area contributed by atoms with Crippen LogP contribution in [0.5, 0.6) is 17.2 Å². The summed E-state index contributed by atoms with van der Waals surface area (Å²) in [4.78, 5) is 9.21. The third-order valence-corrected chi connectivity index (χ3v) is 4.62. The molecule has 0 aliphatic carbocycles. The molecule has 27 heavy (non-hydrogen) atoms. The average Bonchev–Trinajstić information content (AvgIpc) is 2.67. The highest BCUT2D eigenvalue weighted by Gasteiger charge is 2.19. The number of methoxy groups -OCH3 is 2. The van der Waals surface area contributed by atoms with Gasteiger partial charge >= 0.3 is 0 Å². The molecule has 0 bridgehead atoms. The van der Waals surface area contributed by atoms with E-state index in [1.54, 1.807) is 20.3 Å².